The summed E-state index contributed by atoms with van der Waals surface area (Å²) in [5.41, 5.74) is 1.81. The third-order valence-electron chi connectivity index (χ3n) is 4.77. The molecule has 1 atom stereocenters. The predicted molar refractivity (Wildman–Crippen MR) is 98.0 cm³/mol. The second kappa shape index (κ2) is 8.93. The second-order valence-corrected chi connectivity index (χ2v) is 6.80. The SMILES string of the molecule is O=C(O)CCN(Cc1ccc(F)c(F)c1)C(=O)c1cccc(C2CCOC2)c1. The first kappa shape index (κ1) is 19.9. The maximum atomic E-state index is 13.5. The van der Waals surface area contributed by atoms with Crippen molar-refractivity contribution in [1.29, 1.82) is 0 Å². The fourth-order valence-corrected chi connectivity index (χ4v) is 3.25. The van der Waals surface area contributed by atoms with Crippen LogP contribution in [0.15, 0.2) is 42.5 Å². The number of ether oxygens (including phenoxy) is 1. The van der Waals surface area contributed by atoms with E-state index in [2.05, 4.69) is 0 Å². The maximum Gasteiger partial charge on any atom is 0.305 e. The summed E-state index contributed by atoms with van der Waals surface area (Å²) in [6.07, 6.45) is 0.640. The molecule has 0 radical (unpaired) electrons. The number of nitrogens with zero attached hydrogens (tertiary/aromatic N) is 1. The van der Waals surface area contributed by atoms with Crippen molar-refractivity contribution in [2.75, 3.05) is 19.8 Å². The van der Waals surface area contributed by atoms with Crippen molar-refractivity contribution in [3.05, 3.63) is 70.8 Å². The smallest absolute Gasteiger partial charge is 0.305 e. The minimum atomic E-state index is -1.04. The summed E-state index contributed by atoms with van der Waals surface area (Å²) in [5.74, 6) is -3.15. The molecule has 7 heteroatoms. The zero-order chi connectivity index (χ0) is 20.1. The molecule has 148 valence electrons. The van der Waals surface area contributed by atoms with Crippen molar-refractivity contribution in [2.24, 2.45) is 0 Å². The van der Waals surface area contributed by atoms with Gasteiger partial charge in [0.2, 0.25) is 0 Å². The van der Waals surface area contributed by atoms with Gasteiger partial charge in [0.1, 0.15) is 0 Å². The minimum absolute atomic E-state index is 0.0138. The third-order valence-corrected chi connectivity index (χ3v) is 4.77. The van der Waals surface area contributed by atoms with Gasteiger partial charge in [0.15, 0.2) is 11.6 Å². The highest BCUT2D eigenvalue weighted by molar-refractivity contribution is 5.94. The van der Waals surface area contributed by atoms with Gasteiger partial charge in [-0.1, -0.05) is 18.2 Å². The first-order valence-corrected chi connectivity index (χ1v) is 9.06. The Morgan fingerprint density at radius 1 is 1.14 bits per heavy atom. The van der Waals surface area contributed by atoms with E-state index in [1.54, 1.807) is 18.2 Å². The Bertz CT molecular complexity index is 865. The third kappa shape index (κ3) is 4.92. The lowest BCUT2D eigenvalue weighted by Crippen LogP contribution is -2.32. The van der Waals surface area contributed by atoms with E-state index in [-0.39, 0.29) is 31.3 Å². The van der Waals surface area contributed by atoms with Crippen LogP contribution < -0.4 is 0 Å². The lowest BCUT2D eigenvalue weighted by molar-refractivity contribution is -0.137. The summed E-state index contributed by atoms with van der Waals surface area (Å²) in [7, 11) is 0. The topological polar surface area (TPSA) is 66.8 Å². The number of aliphatic carboxylic acids is 1. The van der Waals surface area contributed by atoms with Crippen LogP contribution in [0.4, 0.5) is 8.78 Å². The number of carboxylic acids is 1. The number of halogens is 2. The molecule has 1 N–H and O–H groups in total. The molecule has 1 unspecified atom stereocenters. The van der Waals surface area contributed by atoms with Crippen LogP contribution in [0.2, 0.25) is 0 Å². The Morgan fingerprint density at radius 3 is 2.64 bits per heavy atom. The molecule has 0 saturated carbocycles. The lowest BCUT2D eigenvalue weighted by Gasteiger charge is -2.23. The second-order valence-electron chi connectivity index (χ2n) is 6.80. The van der Waals surface area contributed by atoms with Crippen LogP contribution in [0, 0.1) is 11.6 Å². The summed E-state index contributed by atoms with van der Waals surface area (Å²) in [4.78, 5) is 25.3. The molecular weight excluding hydrogens is 368 g/mol. The Hall–Kier alpha value is -2.80. The van der Waals surface area contributed by atoms with Crippen molar-refractivity contribution in [3.8, 4) is 0 Å². The zero-order valence-corrected chi connectivity index (χ0v) is 15.2. The molecule has 1 fully saturated rings. The Morgan fingerprint density at radius 2 is 1.96 bits per heavy atom. The zero-order valence-electron chi connectivity index (χ0n) is 15.2. The van der Waals surface area contributed by atoms with E-state index in [4.69, 9.17) is 9.84 Å². The van der Waals surface area contributed by atoms with Crippen LogP contribution in [-0.2, 0) is 16.1 Å². The lowest BCUT2D eigenvalue weighted by atomic mass is 9.96. The van der Waals surface area contributed by atoms with Crippen LogP contribution in [0.3, 0.4) is 0 Å². The molecule has 0 spiro atoms. The van der Waals surface area contributed by atoms with Gasteiger partial charge in [-0.15, -0.1) is 0 Å². The summed E-state index contributed by atoms with van der Waals surface area (Å²) < 4.78 is 32.1. The van der Waals surface area contributed by atoms with E-state index in [0.717, 1.165) is 24.1 Å². The summed E-state index contributed by atoms with van der Waals surface area (Å²) in [6.45, 7) is 1.24. The minimum Gasteiger partial charge on any atom is -0.481 e. The predicted octanol–water partition coefficient (Wildman–Crippen LogP) is 3.59. The van der Waals surface area contributed by atoms with Crippen LogP contribution >= 0.6 is 0 Å². The number of carboxylic acid groups (broad SMARTS) is 1. The van der Waals surface area contributed by atoms with E-state index in [1.807, 2.05) is 6.07 Å². The van der Waals surface area contributed by atoms with Gasteiger partial charge in [-0.2, -0.15) is 0 Å². The standard InChI is InChI=1S/C21H21F2NO4/c22-18-5-4-14(10-19(18)23)12-24(8-6-20(25)26)21(27)16-3-1-2-15(11-16)17-7-9-28-13-17/h1-5,10-11,17H,6-9,12-13H2,(H,25,26). The molecule has 2 aromatic rings. The van der Waals surface area contributed by atoms with E-state index < -0.39 is 17.6 Å². The molecule has 0 aliphatic carbocycles. The molecule has 0 aromatic heterocycles. The Kier molecular flexibility index (Phi) is 6.36. The highest BCUT2D eigenvalue weighted by Crippen LogP contribution is 2.26. The van der Waals surface area contributed by atoms with Gasteiger partial charge in [-0.25, -0.2) is 8.78 Å². The normalized spacial score (nSPS) is 16.1. The van der Waals surface area contributed by atoms with E-state index >= 15 is 0 Å². The number of carbonyl (C=O) groups is 2. The Balaban J connectivity index is 1.82. The average Bonchev–Trinajstić information content (AvgIpc) is 3.22. The number of carbonyl (C=O) groups excluding carboxylic acids is 1. The molecule has 2 aromatic carbocycles. The Labute approximate surface area is 161 Å². The van der Waals surface area contributed by atoms with Crippen molar-refractivity contribution >= 4 is 11.9 Å². The van der Waals surface area contributed by atoms with Gasteiger partial charge in [0.05, 0.1) is 13.0 Å². The first-order valence-electron chi connectivity index (χ1n) is 9.06. The summed E-state index contributed by atoms with van der Waals surface area (Å²) in [5, 5.41) is 8.99. The van der Waals surface area contributed by atoms with Crippen LogP contribution in [-0.4, -0.2) is 41.6 Å². The monoisotopic (exact) mass is 389 g/mol. The molecule has 1 amide bonds. The molecular formula is C21H21F2NO4. The first-order chi connectivity index (χ1) is 13.4. The maximum absolute atomic E-state index is 13.5. The van der Waals surface area contributed by atoms with Crippen molar-refractivity contribution in [1.82, 2.24) is 4.90 Å². The number of benzene rings is 2. The van der Waals surface area contributed by atoms with E-state index in [9.17, 15) is 18.4 Å². The van der Waals surface area contributed by atoms with Crippen LogP contribution in [0.5, 0.6) is 0 Å². The highest BCUT2D eigenvalue weighted by atomic mass is 19.2. The molecule has 1 saturated heterocycles. The van der Waals surface area contributed by atoms with E-state index in [1.165, 1.54) is 11.0 Å². The van der Waals surface area contributed by atoms with Crippen LogP contribution in [0.25, 0.3) is 0 Å². The number of amides is 1. The molecule has 1 aliphatic heterocycles. The molecule has 0 bridgehead atoms. The summed E-state index contributed by atoms with van der Waals surface area (Å²) >= 11 is 0. The van der Waals surface area contributed by atoms with Crippen molar-refractivity contribution in [3.63, 3.8) is 0 Å². The van der Waals surface area contributed by atoms with E-state index in [0.29, 0.717) is 24.3 Å². The average molecular weight is 389 g/mol. The molecule has 1 aliphatic rings. The fourth-order valence-electron chi connectivity index (χ4n) is 3.25. The quantitative estimate of drug-likeness (QED) is 0.786. The number of hydrogen-bond acceptors (Lipinski definition) is 3. The molecule has 5 nitrogen and oxygen atoms in total. The van der Waals surface area contributed by atoms with Gasteiger partial charge in [0, 0.05) is 31.2 Å². The van der Waals surface area contributed by atoms with Gasteiger partial charge in [-0.3, -0.25) is 9.59 Å². The van der Waals surface area contributed by atoms with Gasteiger partial charge < -0.3 is 14.7 Å². The molecule has 3 rings (SSSR count). The van der Waals surface area contributed by atoms with Gasteiger partial charge in [-0.05, 0) is 41.8 Å². The molecule has 1 heterocycles. The number of rotatable bonds is 7. The molecule has 28 heavy (non-hydrogen) atoms. The van der Waals surface area contributed by atoms with Crippen molar-refractivity contribution in [2.45, 2.75) is 25.3 Å². The highest BCUT2D eigenvalue weighted by Gasteiger charge is 2.22. The van der Waals surface area contributed by atoms with Gasteiger partial charge >= 0.3 is 5.97 Å². The van der Waals surface area contributed by atoms with Crippen molar-refractivity contribution < 1.29 is 28.2 Å². The number of hydrogen-bond donors (Lipinski definition) is 1. The van der Waals surface area contributed by atoms with Gasteiger partial charge in [0.25, 0.3) is 5.91 Å². The fraction of sp³-hybridized carbons (Fsp3) is 0.333. The largest absolute Gasteiger partial charge is 0.481 e. The van der Waals surface area contributed by atoms with Crippen LogP contribution in [0.1, 0.15) is 40.2 Å². The summed E-state index contributed by atoms with van der Waals surface area (Å²) in [6, 6.07) is 10.6.